The predicted octanol–water partition coefficient (Wildman–Crippen LogP) is 1.03. The maximum Gasteiger partial charge on any atom is 0.310 e. The van der Waals surface area contributed by atoms with Gasteiger partial charge in [0.05, 0.1) is 18.4 Å². The van der Waals surface area contributed by atoms with Gasteiger partial charge in [0.1, 0.15) is 0 Å². The molecule has 1 unspecified atom stereocenters. The summed E-state index contributed by atoms with van der Waals surface area (Å²) >= 11 is 0. The highest BCUT2D eigenvalue weighted by Crippen LogP contribution is 2.34. The van der Waals surface area contributed by atoms with Gasteiger partial charge in [0.25, 0.3) is 0 Å². The fraction of sp³-hybridized carbons (Fsp3) is 0.857. The first-order valence-electron chi connectivity index (χ1n) is 7.01. The van der Waals surface area contributed by atoms with Crippen LogP contribution in [0, 0.1) is 11.3 Å². The predicted molar refractivity (Wildman–Crippen MR) is 73.6 cm³/mol. The van der Waals surface area contributed by atoms with Crippen LogP contribution in [0.25, 0.3) is 0 Å². The van der Waals surface area contributed by atoms with E-state index in [-0.39, 0.29) is 23.2 Å². The summed E-state index contributed by atoms with van der Waals surface area (Å²) in [5.41, 5.74) is -0.254. The molecule has 0 bridgehead atoms. The number of ether oxygens (including phenoxy) is 1. The molecule has 1 N–H and O–H groups in total. The van der Waals surface area contributed by atoms with Crippen LogP contribution in [0.1, 0.15) is 33.1 Å². The molecule has 1 aliphatic heterocycles. The molecular weight excluding hydrogens is 244 g/mol. The number of piperidine rings is 1. The first-order chi connectivity index (χ1) is 8.96. The smallest absolute Gasteiger partial charge is 0.310 e. The van der Waals surface area contributed by atoms with Crippen LogP contribution in [0.2, 0.25) is 0 Å². The van der Waals surface area contributed by atoms with Crippen molar-refractivity contribution in [3.63, 3.8) is 0 Å². The minimum absolute atomic E-state index is 0.159. The molecule has 1 atom stereocenters. The van der Waals surface area contributed by atoms with Crippen LogP contribution in [0.5, 0.6) is 0 Å². The third-order valence-corrected chi connectivity index (χ3v) is 4.19. The van der Waals surface area contributed by atoms with Gasteiger partial charge in [0.15, 0.2) is 0 Å². The van der Waals surface area contributed by atoms with Crippen LogP contribution in [-0.4, -0.2) is 50.6 Å². The Morgan fingerprint density at radius 3 is 2.42 bits per heavy atom. The van der Waals surface area contributed by atoms with Gasteiger partial charge in [-0.25, -0.2) is 0 Å². The number of nitrogens with one attached hydrogen (secondary N) is 1. The van der Waals surface area contributed by atoms with E-state index < -0.39 is 0 Å². The number of amides is 1. The summed E-state index contributed by atoms with van der Waals surface area (Å²) in [5.74, 6) is -0.391. The minimum Gasteiger partial charge on any atom is -0.469 e. The average Bonchev–Trinajstić information content (AvgIpc) is 2.45. The standard InChI is InChI=1S/C14H26N2O3/c1-5-14(6-8-15-9-7-14)13(18)16(3)10-11(2)12(17)19-4/h11,15H,5-10H2,1-4H3. The Kier molecular flexibility index (Phi) is 5.79. The van der Waals surface area contributed by atoms with Crippen molar-refractivity contribution in [1.29, 1.82) is 0 Å². The molecule has 0 spiro atoms. The molecule has 0 aromatic carbocycles. The first kappa shape index (κ1) is 16.0. The monoisotopic (exact) mass is 270 g/mol. The molecule has 0 aromatic rings. The largest absolute Gasteiger partial charge is 0.469 e. The number of rotatable bonds is 5. The average molecular weight is 270 g/mol. The van der Waals surface area contributed by atoms with Crippen molar-refractivity contribution in [3.8, 4) is 0 Å². The van der Waals surface area contributed by atoms with E-state index >= 15 is 0 Å². The molecule has 1 saturated heterocycles. The summed E-state index contributed by atoms with van der Waals surface area (Å²) in [7, 11) is 3.15. The van der Waals surface area contributed by atoms with Gasteiger partial charge in [-0.2, -0.15) is 0 Å². The second-order valence-electron chi connectivity index (χ2n) is 5.49. The molecule has 0 aromatic heterocycles. The zero-order chi connectivity index (χ0) is 14.5. The summed E-state index contributed by atoms with van der Waals surface area (Å²) in [5, 5.41) is 3.29. The molecule has 0 saturated carbocycles. The molecule has 1 aliphatic rings. The molecule has 5 heteroatoms. The topological polar surface area (TPSA) is 58.6 Å². The number of carbonyl (C=O) groups excluding carboxylic acids is 2. The van der Waals surface area contributed by atoms with Crippen molar-refractivity contribution in [3.05, 3.63) is 0 Å². The van der Waals surface area contributed by atoms with Crippen molar-refractivity contribution >= 4 is 11.9 Å². The summed E-state index contributed by atoms with van der Waals surface area (Å²) < 4.78 is 4.70. The highest BCUT2D eigenvalue weighted by molar-refractivity contribution is 5.83. The third-order valence-electron chi connectivity index (χ3n) is 4.19. The summed E-state index contributed by atoms with van der Waals surface area (Å²) in [4.78, 5) is 25.8. The van der Waals surface area contributed by atoms with Gasteiger partial charge >= 0.3 is 5.97 Å². The molecule has 0 radical (unpaired) electrons. The quantitative estimate of drug-likeness (QED) is 0.758. The molecular formula is C14H26N2O3. The maximum atomic E-state index is 12.6. The highest BCUT2D eigenvalue weighted by atomic mass is 16.5. The lowest BCUT2D eigenvalue weighted by Gasteiger charge is -2.38. The molecule has 0 aliphatic carbocycles. The van der Waals surface area contributed by atoms with Crippen molar-refractivity contribution in [2.45, 2.75) is 33.1 Å². The van der Waals surface area contributed by atoms with E-state index in [4.69, 9.17) is 4.74 Å². The highest BCUT2D eigenvalue weighted by Gasteiger charge is 2.39. The Hall–Kier alpha value is -1.10. The molecule has 19 heavy (non-hydrogen) atoms. The molecule has 1 fully saturated rings. The van der Waals surface area contributed by atoms with Gasteiger partial charge in [0.2, 0.25) is 5.91 Å². The lowest BCUT2D eigenvalue weighted by atomic mass is 9.75. The maximum absolute atomic E-state index is 12.6. The number of carbonyl (C=O) groups is 2. The Balaban J connectivity index is 2.66. The van der Waals surface area contributed by atoms with Crippen LogP contribution < -0.4 is 5.32 Å². The lowest BCUT2D eigenvalue weighted by Crippen LogP contribution is -2.49. The van der Waals surface area contributed by atoms with Gasteiger partial charge in [-0.05, 0) is 32.4 Å². The number of nitrogens with zero attached hydrogens (tertiary/aromatic N) is 1. The van der Waals surface area contributed by atoms with Crippen molar-refractivity contribution in [2.24, 2.45) is 11.3 Å². The fourth-order valence-electron chi connectivity index (χ4n) is 2.80. The van der Waals surface area contributed by atoms with Gasteiger partial charge in [-0.1, -0.05) is 13.8 Å². The molecule has 110 valence electrons. The zero-order valence-corrected chi connectivity index (χ0v) is 12.5. The van der Waals surface area contributed by atoms with Crippen molar-refractivity contribution < 1.29 is 14.3 Å². The van der Waals surface area contributed by atoms with Crippen molar-refractivity contribution in [2.75, 3.05) is 33.8 Å². The van der Waals surface area contributed by atoms with E-state index in [1.807, 2.05) is 0 Å². The van der Waals surface area contributed by atoms with E-state index in [9.17, 15) is 9.59 Å². The van der Waals surface area contributed by atoms with Gasteiger partial charge in [-0.3, -0.25) is 9.59 Å². The van der Waals surface area contributed by atoms with E-state index in [1.165, 1.54) is 7.11 Å². The Morgan fingerprint density at radius 2 is 1.95 bits per heavy atom. The second kappa shape index (κ2) is 6.89. The fourth-order valence-corrected chi connectivity index (χ4v) is 2.80. The molecule has 1 rings (SSSR count). The Morgan fingerprint density at radius 1 is 1.37 bits per heavy atom. The van der Waals surface area contributed by atoms with Crippen LogP contribution in [-0.2, 0) is 14.3 Å². The third kappa shape index (κ3) is 3.69. The molecule has 1 amide bonds. The first-order valence-corrected chi connectivity index (χ1v) is 7.01. The van der Waals surface area contributed by atoms with Crippen LogP contribution in [0.4, 0.5) is 0 Å². The summed E-state index contributed by atoms with van der Waals surface area (Å²) in [6.45, 7) is 6.05. The van der Waals surface area contributed by atoms with Gasteiger partial charge in [-0.15, -0.1) is 0 Å². The van der Waals surface area contributed by atoms with E-state index in [1.54, 1.807) is 18.9 Å². The normalized spacial score (nSPS) is 19.6. The summed E-state index contributed by atoms with van der Waals surface area (Å²) in [6.07, 6.45) is 2.60. The van der Waals surface area contributed by atoms with E-state index in [0.29, 0.717) is 6.54 Å². The van der Waals surface area contributed by atoms with Crippen LogP contribution in [0.15, 0.2) is 0 Å². The number of hydrogen-bond donors (Lipinski definition) is 1. The second-order valence-corrected chi connectivity index (χ2v) is 5.49. The molecule has 1 heterocycles. The number of methoxy groups -OCH3 is 1. The van der Waals surface area contributed by atoms with Crippen LogP contribution in [0.3, 0.4) is 0 Å². The Labute approximate surface area is 115 Å². The van der Waals surface area contributed by atoms with E-state index in [0.717, 1.165) is 32.4 Å². The number of esters is 1. The Bertz CT molecular complexity index is 325. The summed E-state index contributed by atoms with van der Waals surface area (Å²) in [6, 6.07) is 0. The SMILES string of the molecule is CCC1(C(=O)N(C)CC(C)C(=O)OC)CCNCC1. The lowest BCUT2D eigenvalue weighted by molar-refractivity contribution is -0.148. The number of hydrogen-bond acceptors (Lipinski definition) is 4. The van der Waals surface area contributed by atoms with Gasteiger partial charge in [0, 0.05) is 13.6 Å². The van der Waals surface area contributed by atoms with Crippen molar-refractivity contribution in [1.82, 2.24) is 10.2 Å². The zero-order valence-electron chi connectivity index (χ0n) is 12.5. The molecule has 5 nitrogen and oxygen atoms in total. The van der Waals surface area contributed by atoms with Gasteiger partial charge < -0.3 is 15.0 Å². The van der Waals surface area contributed by atoms with Crippen LogP contribution >= 0.6 is 0 Å². The minimum atomic E-state index is -0.283. The van der Waals surface area contributed by atoms with E-state index in [2.05, 4.69) is 12.2 Å².